The van der Waals surface area contributed by atoms with Gasteiger partial charge in [0.25, 0.3) is 0 Å². The molecule has 0 bridgehead atoms. The van der Waals surface area contributed by atoms with Gasteiger partial charge in [0.15, 0.2) is 12.4 Å². The summed E-state index contributed by atoms with van der Waals surface area (Å²) in [5, 5.41) is 40.1. The number of aliphatic hydroxyl groups excluding tert-OH is 4. The molecule has 1 aliphatic heterocycles. The summed E-state index contributed by atoms with van der Waals surface area (Å²) in [7, 11) is 0. The Morgan fingerprint density at radius 3 is 1.65 bits per heavy atom. The maximum absolute atomic E-state index is 12.7. The number of hydrogen-bond acceptors (Lipinski definition) is 10. The van der Waals surface area contributed by atoms with Gasteiger partial charge in [-0.05, 0) is 70.6 Å². The van der Waals surface area contributed by atoms with E-state index in [0.29, 0.717) is 12.8 Å². The monoisotopic (exact) mass is 843 g/mol. The van der Waals surface area contributed by atoms with Crippen molar-refractivity contribution in [2.45, 2.75) is 198 Å². The molecule has 0 radical (unpaired) electrons. The average Bonchev–Trinajstić information content (AvgIpc) is 3.25. The summed E-state index contributed by atoms with van der Waals surface area (Å²) in [6, 6.07) is 0. The zero-order valence-corrected chi connectivity index (χ0v) is 37.2. The van der Waals surface area contributed by atoms with Gasteiger partial charge in [-0.15, -0.1) is 0 Å². The summed E-state index contributed by atoms with van der Waals surface area (Å²) >= 11 is 0. The first kappa shape index (κ1) is 54.9. The average molecular weight is 843 g/mol. The highest BCUT2D eigenvalue weighted by Gasteiger charge is 2.44. The van der Waals surface area contributed by atoms with E-state index in [1.165, 1.54) is 57.8 Å². The molecule has 0 saturated carbocycles. The smallest absolute Gasteiger partial charge is 0.306 e. The summed E-state index contributed by atoms with van der Waals surface area (Å²) in [6.07, 6.45) is 44.5. The first-order chi connectivity index (χ1) is 29.3. The van der Waals surface area contributed by atoms with Crippen molar-refractivity contribution in [1.29, 1.82) is 0 Å². The molecule has 10 heteroatoms. The molecule has 60 heavy (non-hydrogen) atoms. The van der Waals surface area contributed by atoms with Gasteiger partial charge in [-0.25, -0.2) is 0 Å². The molecule has 6 atom stereocenters. The fourth-order valence-corrected chi connectivity index (χ4v) is 6.44. The van der Waals surface area contributed by atoms with Crippen LogP contribution in [0.15, 0.2) is 85.1 Å². The topological polar surface area (TPSA) is 152 Å². The lowest BCUT2D eigenvalue weighted by atomic mass is 9.99. The van der Waals surface area contributed by atoms with Crippen molar-refractivity contribution >= 4 is 11.9 Å². The lowest BCUT2D eigenvalue weighted by Crippen LogP contribution is -2.59. The van der Waals surface area contributed by atoms with Crippen LogP contribution in [0, 0.1) is 0 Å². The Hall–Kier alpha value is -3.12. The number of allylic oxidation sites excluding steroid dienone is 14. The summed E-state index contributed by atoms with van der Waals surface area (Å²) in [6.45, 7) is 3.19. The van der Waals surface area contributed by atoms with E-state index in [9.17, 15) is 30.0 Å². The Morgan fingerprint density at radius 1 is 0.550 bits per heavy atom. The van der Waals surface area contributed by atoms with Crippen LogP contribution in [0.1, 0.15) is 162 Å². The van der Waals surface area contributed by atoms with E-state index in [2.05, 4.69) is 62.5 Å². The van der Waals surface area contributed by atoms with E-state index in [4.69, 9.17) is 18.9 Å². The highest BCUT2D eigenvalue weighted by molar-refractivity contribution is 5.70. The molecule has 1 heterocycles. The first-order valence-corrected chi connectivity index (χ1v) is 23.2. The molecular weight excluding hydrogens is 761 g/mol. The van der Waals surface area contributed by atoms with Gasteiger partial charge in [0, 0.05) is 12.8 Å². The summed E-state index contributed by atoms with van der Waals surface area (Å²) in [4.78, 5) is 25.3. The van der Waals surface area contributed by atoms with Crippen molar-refractivity contribution < 1.29 is 49.0 Å². The van der Waals surface area contributed by atoms with Crippen molar-refractivity contribution in [2.75, 3.05) is 19.8 Å². The number of esters is 2. The van der Waals surface area contributed by atoms with Gasteiger partial charge in [-0.3, -0.25) is 9.59 Å². The van der Waals surface area contributed by atoms with Crippen LogP contribution in [0.3, 0.4) is 0 Å². The van der Waals surface area contributed by atoms with E-state index < -0.39 is 55.4 Å². The van der Waals surface area contributed by atoms with Crippen LogP contribution in [0.2, 0.25) is 0 Å². The third-order valence-corrected chi connectivity index (χ3v) is 10.1. The maximum atomic E-state index is 12.7. The van der Waals surface area contributed by atoms with Crippen LogP contribution in [0.4, 0.5) is 0 Å². The van der Waals surface area contributed by atoms with Crippen molar-refractivity contribution in [3.63, 3.8) is 0 Å². The molecule has 0 amide bonds. The Labute approximate surface area is 363 Å². The van der Waals surface area contributed by atoms with Crippen molar-refractivity contribution in [3.8, 4) is 0 Å². The largest absolute Gasteiger partial charge is 0.462 e. The highest BCUT2D eigenvalue weighted by atomic mass is 16.7. The predicted molar refractivity (Wildman–Crippen MR) is 242 cm³/mol. The zero-order chi connectivity index (χ0) is 43.7. The van der Waals surface area contributed by atoms with Crippen LogP contribution in [0.5, 0.6) is 0 Å². The van der Waals surface area contributed by atoms with Crippen LogP contribution < -0.4 is 0 Å². The Bertz CT molecular complexity index is 1250. The summed E-state index contributed by atoms with van der Waals surface area (Å²) in [5.74, 6) is -0.866. The number of rotatable bonds is 37. The number of aliphatic hydroxyl groups is 4. The van der Waals surface area contributed by atoms with E-state index in [1.54, 1.807) is 0 Å². The summed E-state index contributed by atoms with van der Waals surface area (Å²) in [5.41, 5.74) is 0. The third-order valence-electron chi connectivity index (χ3n) is 10.1. The van der Waals surface area contributed by atoms with Gasteiger partial charge < -0.3 is 39.4 Å². The Kier molecular flexibility index (Phi) is 36.6. The molecule has 0 aromatic rings. The molecule has 0 aliphatic carbocycles. The van der Waals surface area contributed by atoms with Crippen molar-refractivity contribution in [3.05, 3.63) is 85.1 Å². The van der Waals surface area contributed by atoms with E-state index in [0.717, 1.165) is 64.2 Å². The van der Waals surface area contributed by atoms with Gasteiger partial charge in [0.1, 0.15) is 31.0 Å². The Balaban J connectivity index is 2.31. The van der Waals surface area contributed by atoms with Gasteiger partial charge in [-0.2, -0.15) is 0 Å². The molecule has 4 N–H and O–H groups in total. The second-order valence-electron chi connectivity index (χ2n) is 15.6. The molecule has 342 valence electrons. The van der Waals surface area contributed by atoms with E-state index in [-0.39, 0.29) is 26.1 Å². The molecule has 1 rings (SSSR count). The molecular formula is C50H82O10. The Morgan fingerprint density at radius 2 is 1.05 bits per heavy atom. The minimum atomic E-state index is -1.61. The molecule has 1 fully saturated rings. The minimum Gasteiger partial charge on any atom is -0.462 e. The molecule has 1 aliphatic rings. The SMILES string of the molecule is CC/C=C/C=C/C=C/C=C/CCCCCC(=O)OC(COC(=O)CCCCCCCCCCC/C=C/C/C=C/C/C=C/CCCCC)CO[C@H]1O[C@@H](CO)[C@@H](O)C(O)C1O. The first-order valence-electron chi connectivity index (χ1n) is 23.2. The van der Waals surface area contributed by atoms with Gasteiger partial charge in [-0.1, -0.05) is 163 Å². The molecule has 0 aromatic carbocycles. The number of hydrogen-bond donors (Lipinski definition) is 4. The minimum absolute atomic E-state index is 0.178. The van der Waals surface area contributed by atoms with Gasteiger partial charge >= 0.3 is 11.9 Å². The van der Waals surface area contributed by atoms with E-state index >= 15 is 0 Å². The van der Waals surface area contributed by atoms with Crippen LogP contribution in [-0.4, -0.2) is 89.0 Å². The molecule has 0 spiro atoms. The normalized spacial score (nSPS) is 20.7. The number of carbonyl (C=O) groups excluding carboxylic acids is 2. The number of ether oxygens (including phenoxy) is 4. The van der Waals surface area contributed by atoms with Crippen molar-refractivity contribution in [1.82, 2.24) is 0 Å². The van der Waals surface area contributed by atoms with Crippen molar-refractivity contribution in [2.24, 2.45) is 0 Å². The fourth-order valence-electron chi connectivity index (χ4n) is 6.44. The standard InChI is InChI=1S/C50H82O10/c1-3-5-7-9-11-13-15-17-18-19-20-21-22-23-24-25-27-28-30-32-34-36-38-45(52)57-41-43(42-58-50-49(56)48(55)47(54)44(40-51)60-50)59-46(53)39-37-35-33-31-29-26-16-14-12-10-8-6-4-2/h6,8,10-14,16-18,20-21,26,29,43-44,47-51,54-56H,3-5,7,9,15,19,22-25,27-28,30-42H2,1-2H3/b8-6+,12-10+,13-11+,16-14+,18-17+,21-20+,29-26+/t43?,44-,47+,48?,49?,50-/m0/s1. The lowest BCUT2D eigenvalue weighted by Gasteiger charge is -2.39. The predicted octanol–water partition coefficient (Wildman–Crippen LogP) is 10.2. The maximum Gasteiger partial charge on any atom is 0.306 e. The van der Waals surface area contributed by atoms with E-state index in [1.807, 2.05) is 36.5 Å². The van der Waals surface area contributed by atoms with Gasteiger partial charge in [0.05, 0.1) is 13.2 Å². The number of carbonyl (C=O) groups is 2. The van der Waals surface area contributed by atoms with Crippen LogP contribution in [0.25, 0.3) is 0 Å². The second kappa shape index (κ2) is 40.0. The quantitative estimate of drug-likeness (QED) is 0.0206. The molecule has 10 nitrogen and oxygen atoms in total. The van der Waals surface area contributed by atoms with Crippen LogP contribution >= 0.6 is 0 Å². The highest BCUT2D eigenvalue weighted by Crippen LogP contribution is 2.22. The molecule has 0 aromatic heterocycles. The zero-order valence-electron chi connectivity index (χ0n) is 37.2. The fraction of sp³-hybridized carbons (Fsp3) is 0.680. The molecule has 1 saturated heterocycles. The third kappa shape index (κ3) is 30.8. The molecule has 3 unspecified atom stereocenters. The second-order valence-corrected chi connectivity index (χ2v) is 15.6. The number of unbranched alkanes of at least 4 members (excludes halogenated alkanes) is 15. The lowest BCUT2D eigenvalue weighted by molar-refractivity contribution is -0.305. The van der Waals surface area contributed by atoms with Gasteiger partial charge in [0.2, 0.25) is 0 Å². The summed E-state index contributed by atoms with van der Waals surface area (Å²) < 4.78 is 22.1. The van der Waals surface area contributed by atoms with Crippen LogP contribution in [-0.2, 0) is 28.5 Å².